The number of alkyl halides is 3. The van der Waals surface area contributed by atoms with E-state index in [1.165, 1.54) is 12.1 Å². The monoisotopic (exact) mass is 439 g/mol. The third-order valence-electron chi connectivity index (χ3n) is 4.33. The van der Waals surface area contributed by atoms with Crippen molar-refractivity contribution < 1.29 is 27.1 Å². The van der Waals surface area contributed by atoms with Gasteiger partial charge in [0.05, 0.1) is 5.69 Å². The lowest BCUT2D eigenvalue weighted by molar-refractivity contribution is -0.274. The average Bonchev–Trinajstić information content (AvgIpc) is 2.73. The quantitative estimate of drug-likeness (QED) is 0.454. The van der Waals surface area contributed by atoms with Gasteiger partial charge >= 0.3 is 6.36 Å². The van der Waals surface area contributed by atoms with E-state index in [4.69, 9.17) is 4.42 Å². The van der Waals surface area contributed by atoms with Gasteiger partial charge in [-0.05, 0) is 55.5 Å². The number of aryl methyl sites for hydroxylation is 1. The third kappa shape index (κ3) is 5.12. The summed E-state index contributed by atoms with van der Waals surface area (Å²) in [5.74, 6) is -0.508. The molecule has 2 heterocycles. The molecule has 0 atom stereocenters. The van der Waals surface area contributed by atoms with Crippen LogP contribution in [-0.2, 0) is 0 Å². The number of para-hydroxylation sites is 1. The van der Waals surface area contributed by atoms with Crippen LogP contribution >= 0.6 is 0 Å². The first-order valence-corrected chi connectivity index (χ1v) is 9.45. The number of ether oxygens (including phenoxy) is 1. The van der Waals surface area contributed by atoms with Crippen LogP contribution in [0.15, 0.2) is 82.2 Å². The Balaban J connectivity index is 1.75. The van der Waals surface area contributed by atoms with Crippen molar-refractivity contribution in [1.82, 2.24) is 4.98 Å². The van der Waals surface area contributed by atoms with E-state index < -0.39 is 12.3 Å². The number of nitrogens with zero attached hydrogens (tertiary/aromatic N) is 2. The Bertz CT molecular complexity index is 1350. The Kier molecular flexibility index (Phi) is 5.63. The molecular weight excluding hydrogens is 423 g/mol. The van der Waals surface area contributed by atoms with E-state index in [2.05, 4.69) is 20.0 Å². The van der Waals surface area contributed by atoms with Crippen LogP contribution in [-0.4, -0.2) is 17.3 Å². The van der Waals surface area contributed by atoms with E-state index in [0.29, 0.717) is 16.8 Å². The van der Waals surface area contributed by atoms with Crippen molar-refractivity contribution in [1.29, 1.82) is 0 Å². The summed E-state index contributed by atoms with van der Waals surface area (Å²) in [6.07, 6.45) is -4.79. The largest absolute Gasteiger partial charge is 0.573 e. The number of anilines is 1. The number of halogens is 3. The molecule has 1 N–H and O–H groups in total. The van der Waals surface area contributed by atoms with Crippen LogP contribution in [0, 0.1) is 6.92 Å². The molecule has 2 aromatic carbocycles. The molecule has 4 rings (SSSR count). The van der Waals surface area contributed by atoms with Gasteiger partial charge in [0.2, 0.25) is 5.55 Å². The maximum absolute atomic E-state index is 13.0. The highest BCUT2D eigenvalue weighted by molar-refractivity contribution is 6.04. The number of amides is 1. The number of carbonyl (C=O) groups excluding carboxylic acids is 1. The molecule has 0 unspecified atom stereocenters. The predicted molar refractivity (Wildman–Crippen MR) is 111 cm³/mol. The fourth-order valence-electron chi connectivity index (χ4n) is 2.95. The molecule has 1 amide bonds. The minimum absolute atomic E-state index is 0.00153. The molecule has 0 aliphatic rings. The van der Waals surface area contributed by atoms with Gasteiger partial charge in [0.15, 0.2) is 0 Å². The molecule has 0 aliphatic heterocycles. The number of hydrogen-bond donors (Lipinski definition) is 1. The number of carbonyl (C=O) groups is 1. The first-order valence-electron chi connectivity index (χ1n) is 9.45. The molecule has 9 heteroatoms. The Morgan fingerprint density at radius 2 is 1.78 bits per heavy atom. The van der Waals surface area contributed by atoms with Crippen LogP contribution < -0.4 is 15.6 Å². The van der Waals surface area contributed by atoms with Crippen LogP contribution in [0.25, 0.3) is 11.0 Å². The number of nitrogens with one attached hydrogen (secondary N) is 1. The Labute approximate surface area is 180 Å². The fraction of sp³-hybridized carbons (Fsp3) is 0.0870. The summed E-state index contributed by atoms with van der Waals surface area (Å²) in [5, 5.41) is 3.39. The molecule has 32 heavy (non-hydrogen) atoms. The molecule has 0 fully saturated rings. The molecule has 0 bridgehead atoms. The van der Waals surface area contributed by atoms with E-state index in [9.17, 15) is 18.0 Å². The molecule has 0 radical (unpaired) electrons. The summed E-state index contributed by atoms with van der Waals surface area (Å²) in [6.45, 7) is 1.80. The minimum atomic E-state index is -4.79. The van der Waals surface area contributed by atoms with E-state index >= 15 is 0 Å². The van der Waals surface area contributed by atoms with Crippen LogP contribution in [0.5, 0.6) is 5.75 Å². The molecule has 0 spiro atoms. The van der Waals surface area contributed by atoms with Gasteiger partial charge in [-0.2, -0.15) is 0 Å². The third-order valence-corrected chi connectivity index (χ3v) is 4.33. The molecule has 6 nitrogen and oxygen atoms in total. The van der Waals surface area contributed by atoms with E-state index in [1.807, 2.05) is 0 Å². The van der Waals surface area contributed by atoms with Gasteiger partial charge in [0, 0.05) is 11.1 Å². The summed E-state index contributed by atoms with van der Waals surface area (Å²) in [4.78, 5) is 21.6. The number of fused-ring (bicyclic) bond motifs is 1. The highest BCUT2D eigenvalue weighted by Gasteiger charge is 2.30. The van der Waals surface area contributed by atoms with Crippen molar-refractivity contribution in [2.75, 3.05) is 5.32 Å². The molecule has 0 saturated heterocycles. The van der Waals surface area contributed by atoms with Crippen molar-refractivity contribution in [2.24, 2.45) is 4.99 Å². The minimum Gasteiger partial charge on any atom is -0.438 e. The number of rotatable bonds is 4. The molecule has 0 aliphatic carbocycles. The Morgan fingerprint density at radius 3 is 2.50 bits per heavy atom. The molecule has 2 aromatic heterocycles. The first-order chi connectivity index (χ1) is 15.3. The SMILES string of the molecule is Cc1cccc(NC(=O)c2cc3ccccc3oc2=Nc2ccc(OC(F)(F)F)cc2)n1. The topological polar surface area (TPSA) is 76.7 Å². The zero-order valence-electron chi connectivity index (χ0n) is 16.7. The van der Waals surface area contributed by atoms with Crippen molar-refractivity contribution in [3.63, 3.8) is 0 Å². The van der Waals surface area contributed by atoms with Crippen molar-refractivity contribution in [2.45, 2.75) is 13.3 Å². The second kappa shape index (κ2) is 8.54. The highest BCUT2D eigenvalue weighted by atomic mass is 19.4. The van der Waals surface area contributed by atoms with Crippen molar-refractivity contribution in [3.05, 3.63) is 89.6 Å². The van der Waals surface area contributed by atoms with Gasteiger partial charge in [-0.1, -0.05) is 24.3 Å². The van der Waals surface area contributed by atoms with Crippen molar-refractivity contribution in [3.8, 4) is 5.75 Å². The Hall–Kier alpha value is -4.14. The normalized spacial score (nSPS) is 12.1. The second-order valence-corrected chi connectivity index (χ2v) is 6.77. The number of pyridine rings is 1. The second-order valence-electron chi connectivity index (χ2n) is 6.77. The summed E-state index contributed by atoms with van der Waals surface area (Å²) in [7, 11) is 0. The Morgan fingerprint density at radius 1 is 1.03 bits per heavy atom. The fourth-order valence-corrected chi connectivity index (χ4v) is 2.95. The van der Waals surface area contributed by atoms with E-state index in [0.717, 1.165) is 17.8 Å². The van der Waals surface area contributed by atoms with Crippen molar-refractivity contribution >= 4 is 28.4 Å². The van der Waals surface area contributed by atoms with Gasteiger partial charge in [0.25, 0.3) is 5.91 Å². The van der Waals surface area contributed by atoms with Gasteiger partial charge in [-0.15, -0.1) is 13.2 Å². The summed E-state index contributed by atoms with van der Waals surface area (Å²) in [5.41, 5.74) is 1.65. The zero-order chi connectivity index (χ0) is 22.7. The smallest absolute Gasteiger partial charge is 0.438 e. The summed E-state index contributed by atoms with van der Waals surface area (Å²) < 4.78 is 46.8. The van der Waals surface area contributed by atoms with Gasteiger partial charge in [-0.3, -0.25) is 4.79 Å². The number of aromatic nitrogens is 1. The standard InChI is InChI=1S/C23H16F3N3O3/c1-14-5-4-8-20(27-14)29-21(30)18-13-15-6-2-3-7-19(15)31-22(18)28-16-9-11-17(12-10-16)32-23(24,25)26/h2-13H,1H3,(H,27,29,30). The maximum atomic E-state index is 13.0. The molecular formula is C23H16F3N3O3. The zero-order valence-corrected chi connectivity index (χ0v) is 16.7. The summed E-state index contributed by atoms with van der Waals surface area (Å²) in [6, 6.07) is 18.8. The highest BCUT2D eigenvalue weighted by Crippen LogP contribution is 2.25. The van der Waals surface area contributed by atoms with Crippen LogP contribution in [0.4, 0.5) is 24.7 Å². The number of benzene rings is 2. The average molecular weight is 439 g/mol. The molecule has 4 aromatic rings. The lowest BCUT2D eigenvalue weighted by Gasteiger charge is -2.08. The lowest BCUT2D eigenvalue weighted by atomic mass is 10.1. The lowest BCUT2D eigenvalue weighted by Crippen LogP contribution is -2.22. The summed E-state index contributed by atoms with van der Waals surface area (Å²) >= 11 is 0. The van der Waals surface area contributed by atoms with E-state index in [-0.39, 0.29) is 22.6 Å². The van der Waals surface area contributed by atoms with Gasteiger partial charge in [-0.25, -0.2) is 9.98 Å². The van der Waals surface area contributed by atoms with Crippen LogP contribution in [0.1, 0.15) is 16.1 Å². The molecule has 162 valence electrons. The van der Waals surface area contributed by atoms with Crippen LogP contribution in [0.2, 0.25) is 0 Å². The predicted octanol–water partition coefficient (Wildman–Crippen LogP) is 5.52. The maximum Gasteiger partial charge on any atom is 0.573 e. The van der Waals surface area contributed by atoms with E-state index in [1.54, 1.807) is 55.5 Å². The van der Waals surface area contributed by atoms with Crippen LogP contribution in [0.3, 0.4) is 0 Å². The molecule has 0 saturated carbocycles. The first kappa shape index (κ1) is 21.1. The van der Waals surface area contributed by atoms with Gasteiger partial charge < -0.3 is 14.5 Å². The van der Waals surface area contributed by atoms with Gasteiger partial charge in [0.1, 0.15) is 22.7 Å². The number of hydrogen-bond acceptors (Lipinski definition) is 5.